The molecule has 0 N–H and O–H groups in total. The van der Waals surface area contributed by atoms with E-state index >= 15 is 0 Å². The summed E-state index contributed by atoms with van der Waals surface area (Å²) in [5.74, 6) is 0. The second-order valence-corrected chi connectivity index (χ2v) is 27.0. The van der Waals surface area contributed by atoms with E-state index in [1.165, 1.54) is 49.3 Å². The first-order valence-electron chi connectivity index (χ1n) is 27.1. The summed E-state index contributed by atoms with van der Waals surface area (Å²) in [6, 6.07) is 93.8. The highest BCUT2D eigenvalue weighted by Crippen LogP contribution is 2.63. The third-order valence-corrected chi connectivity index (χ3v) is 18.6. The van der Waals surface area contributed by atoms with Gasteiger partial charge in [0.15, 0.2) is 11.2 Å². The van der Waals surface area contributed by atoms with Crippen LogP contribution in [0.3, 0.4) is 0 Å². The van der Waals surface area contributed by atoms with Crippen LogP contribution in [0.2, 0.25) is 19.6 Å². The predicted molar refractivity (Wildman–Crippen MR) is 330 cm³/mol. The first-order chi connectivity index (χ1) is 38.3. The standard InChI is InChI=1S/C73H54N2O2Si/c1-47-25-11-18-38-60(47)74(62-40-23-36-56-52-32-16-20-42-66(52)76-71(56)62)64-45-58-69(54-34-14-12-30-50(54)64)70-55-35-15-13-31-51(55)65(46-59(70)73(58,48-26-7-5-8-27-48)49-28-9-6-10-29-49)75(61-39-19-22-44-68(61)78(2,3)4)63-41-24-37-57-53-33-17-21-43-67(53)77-72(57)63/h5-46H,1-4H3. The molecule has 78 heavy (non-hydrogen) atoms. The van der Waals surface area contributed by atoms with Gasteiger partial charge in [0.1, 0.15) is 11.2 Å². The molecule has 15 rings (SSSR count). The van der Waals surface area contributed by atoms with E-state index in [9.17, 15) is 0 Å². The number of hydrogen-bond acceptors (Lipinski definition) is 4. The van der Waals surface area contributed by atoms with Crippen molar-refractivity contribution in [2.75, 3.05) is 9.80 Å². The lowest BCUT2D eigenvalue weighted by Crippen LogP contribution is -2.40. The van der Waals surface area contributed by atoms with Crippen molar-refractivity contribution in [1.29, 1.82) is 0 Å². The Morgan fingerprint density at radius 1 is 0.321 bits per heavy atom. The van der Waals surface area contributed by atoms with E-state index in [0.717, 1.165) is 94.3 Å². The molecular formula is C73H54N2O2Si. The molecule has 0 fully saturated rings. The predicted octanol–water partition coefficient (Wildman–Crippen LogP) is 19.9. The summed E-state index contributed by atoms with van der Waals surface area (Å²) in [6.07, 6.45) is 0. The highest BCUT2D eigenvalue weighted by Gasteiger charge is 2.49. The lowest BCUT2D eigenvalue weighted by atomic mass is 9.67. The molecule has 4 nitrogen and oxygen atoms in total. The largest absolute Gasteiger partial charge is 0.454 e. The molecule has 1 aliphatic rings. The fourth-order valence-electron chi connectivity index (χ4n) is 13.2. The van der Waals surface area contributed by atoms with Gasteiger partial charge in [-0.3, -0.25) is 0 Å². The molecule has 0 atom stereocenters. The Morgan fingerprint density at radius 3 is 1.18 bits per heavy atom. The molecule has 0 saturated carbocycles. The number of furan rings is 2. The lowest BCUT2D eigenvalue weighted by molar-refractivity contribution is 0.669. The fraction of sp³-hybridized carbons (Fsp3) is 0.0685. The van der Waals surface area contributed by atoms with Crippen LogP contribution in [0.15, 0.2) is 264 Å². The number of para-hydroxylation sites is 6. The molecule has 2 aromatic heterocycles. The smallest absolute Gasteiger partial charge is 0.159 e. The summed E-state index contributed by atoms with van der Waals surface area (Å²) >= 11 is 0. The van der Waals surface area contributed by atoms with Gasteiger partial charge in [0.05, 0.1) is 36.2 Å². The average molecular weight is 1020 g/mol. The molecular weight excluding hydrogens is 965 g/mol. The first kappa shape index (κ1) is 45.9. The van der Waals surface area contributed by atoms with Crippen LogP contribution in [0.1, 0.15) is 27.8 Å². The molecule has 0 aliphatic heterocycles. The Kier molecular flexibility index (Phi) is 10.3. The topological polar surface area (TPSA) is 32.8 Å². The van der Waals surface area contributed by atoms with Gasteiger partial charge < -0.3 is 18.6 Å². The zero-order valence-electron chi connectivity index (χ0n) is 44.0. The van der Waals surface area contributed by atoms with Gasteiger partial charge in [0.2, 0.25) is 0 Å². The molecule has 5 heteroatoms. The van der Waals surface area contributed by atoms with Gasteiger partial charge in [-0.05, 0) is 110 Å². The summed E-state index contributed by atoms with van der Waals surface area (Å²) < 4.78 is 14.0. The van der Waals surface area contributed by atoms with E-state index in [2.05, 4.69) is 291 Å². The van der Waals surface area contributed by atoms with Gasteiger partial charge in [-0.15, -0.1) is 0 Å². The minimum absolute atomic E-state index is 0.817. The molecule has 1 aliphatic carbocycles. The maximum absolute atomic E-state index is 7.04. The number of rotatable bonds is 9. The molecule has 0 amide bonds. The van der Waals surface area contributed by atoms with Gasteiger partial charge in [0.25, 0.3) is 0 Å². The van der Waals surface area contributed by atoms with Crippen LogP contribution in [0, 0.1) is 6.92 Å². The summed E-state index contributed by atoms with van der Waals surface area (Å²) in [7, 11) is -2.00. The number of aryl methyl sites for hydroxylation is 1. The molecule has 14 aromatic rings. The van der Waals surface area contributed by atoms with Crippen molar-refractivity contribution in [3.8, 4) is 11.1 Å². The van der Waals surface area contributed by atoms with Crippen molar-refractivity contribution < 1.29 is 8.83 Å². The van der Waals surface area contributed by atoms with E-state index in [0.29, 0.717) is 0 Å². The minimum Gasteiger partial charge on any atom is -0.454 e. The highest BCUT2D eigenvalue weighted by molar-refractivity contribution is 6.89. The molecule has 0 saturated heterocycles. The summed E-state index contributed by atoms with van der Waals surface area (Å²) in [6.45, 7) is 9.58. The maximum atomic E-state index is 7.04. The van der Waals surface area contributed by atoms with E-state index in [-0.39, 0.29) is 0 Å². The van der Waals surface area contributed by atoms with Crippen molar-refractivity contribution in [3.05, 3.63) is 283 Å². The van der Waals surface area contributed by atoms with Crippen LogP contribution in [0.25, 0.3) is 76.5 Å². The Balaban J connectivity index is 1.12. The van der Waals surface area contributed by atoms with E-state index in [1.54, 1.807) is 0 Å². The van der Waals surface area contributed by atoms with Gasteiger partial charge in [-0.1, -0.05) is 226 Å². The zero-order chi connectivity index (χ0) is 52.3. The first-order valence-corrected chi connectivity index (χ1v) is 30.6. The normalized spacial score (nSPS) is 13.0. The zero-order valence-corrected chi connectivity index (χ0v) is 45.0. The summed E-state index contributed by atoms with van der Waals surface area (Å²) in [4.78, 5) is 5.01. The third kappa shape index (κ3) is 6.71. The van der Waals surface area contributed by atoms with Gasteiger partial charge in [-0.2, -0.15) is 0 Å². The van der Waals surface area contributed by atoms with Crippen LogP contribution >= 0.6 is 0 Å². The lowest BCUT2D eigenvalue weighted by Gasteiger charge is -2.37. The van der Waals surface area contributed by atoms with Crippen molar-refractivity contribution in [2.45, 2.75) is 32.0 Å². The van der Waals surface area contributed by atoms with Crippen LogP contribution in [0.4, 0.5) is 34.1 Å². The number of benzene rings is 12. The van der Waals surface area contributed by atoms with Crippen molar-refractivity contribution in [1.82, 2.24) is 0 Å². The maximum Gasteiger partial charge on any atom is 0.159 e. The fourth-order valence-corrected chi connectivity index (χ4v) is 14.8. The second-order valence-electron chi connectivity index (χ2n) is 21.9. The SMILES string of the molecule is Cc1ccccc1N(c1cc2c(c3ccccc13)-c1c(cc(N(c3ccccc3[Si](C)(C)C)c3cccc4c3oc3ccccc34)c3ccccc13)C2(c1ccccc1)c1ccccc1)c1cccc2c1oc1ccccc12. The Bertz CT molecular complexity index is 4660. The number of nitrogens with zero attached hydrogens (tertiary/aromatic N) is 2. The molecule has 372 valence electrons. The molecule has 2 heterocycles. The number of anilines is 6. The molecule has 0 unspecified atom stereocenters. The Hall–Kier alpha value is -9.42. The van der Waals surface area contributed by atoms with Crippen LogP contribution in [-0.4, -0.2) is 8.07 Å². The number of fused-ring (bicyclic) bond motifs is 13. The van der Waals surface area contributed by atoms with Crippen LogP contribution in [-0.2, 0) is 5.41 Å². The van der Waals surface area contributed by atoms with Gasteiger partial charge in [-0.25, -0.2) is 0 Å². The summed E-state index contributed by atoms with van der Waals surface area (Å²) in [5, 5.41) is 10.4. The van der Waals surface area contributed by atoms with Crippen molar-refractivity contribution in [3.63, 3.8) is 0 Å². The molecule has 12 aromatic carbocycles. The summed E-state index contributed by atoms with van der Waals surface area (Å²) in [5.41, 5.74) is 17.5. The van der Waals surface area contributed by atoms with E-state index < -0.39 is 13.5 Å². The Morgan fingerprint density at radius 2 is 0.692 bits per heavy atom. The van der Waals surface area contributed by atoms with E-state index in [1.807, 2.05) is 0 Å². The van der Waals surface area contributed by atoms with Crippen molar-refractivity contribution >= 4 is 113 Å². The van der Waals surface area contributed by atoms with Crippen LogP contribution < -0.4 is 15.0 Å². The average Bonchev–Trinajstić information content (AvgIpc) is 2.63. The monoisotopic (exact) mass is 1020 g/mol. The van der Waals surface area contributed by atoms with Gasteiger partial charge in [0, 0.05) is 43.7 Å². The second kappa shape index (κ2) is 17.6. The molecule has 0 spiro atoms. The molecule has 0 radical (unpaired) electrons. The third-order valence-electron chi connectivity index (χ3n) is 16.6. The Labute approximate surface area is 454 Å². The highest BCUT2D eigenvalue weighted by atomic mass is 28.3. The van der Waals surface area contributed by atoms with Gasteiger partial charge >= 0.3 is 0 Å². The molecule has 0 bridgehead atoms. The van der Waals surface area contributed by atoms with Crippen LogP contribution in [0.5, 0.6) is 0 Å². The van der Waals surface area contributed by atoms with Crippen molar-refractivity contribution in [2.24, 2.45) is 0 Å². The number of hydrogen-bond donors (Lipinski definition) is 0. The quantitative estimate of drug-likeness (QED) is 0.135. The van der Waals surface area contributed by atoms with E-state index in [4.69, 9.17) is 8.83 Å². The minimum atomic E-state index is -2.00.